The smallest absolute Gasteiger partial charge is 0.255 e. The number of hydrogen-bond acceptors (Lipinski definition) is 3. The number of hydrogen-bond donors (Lipinski definition) is 2. The van der Waals surface area contributed by atoms with Gasteiger partial charge < -0.3 is 10.0 Å². The van der Waals surface area contributed by atoms with E-state index in [9.17, 15) is 9.90 Å². The molecule has 1 aromatic heterocycles. The molecule has 116 valence electrons. The Morgan fingerprint density at radius 2 is 2.23 bits per heavy atom. The summed E-state index contributed by atoms with van der Waals surface area (Å²) < 4.78 is 0. The van der Waals surface area contributed by atoms with Crippen LogP contribution in [0.1, 0.15) is 21.7 Å². The number of aliphatic hydroxyl groups is 1. The molecule has 22 heavy (non-hydrogen) atoms. The number of likely N-dealkylation sites (tertiary alicyclic amines) is 1. The number of nitrogens with zero attached hydrogens (tertiary/aromatic N) is 2. The maximum atomic E-state index is 12.5. The number of aryl methyl sites for hydroxylation is 1. The summed E-state index contributed by atoms with van der Waals surface area (Å²) in [6, 6.07) is 8.95. The average Bonchev–Trinajstić information content (AvgIpc) is 3.06. The SMILES string of the molecule is Cc1cc(CC2CN(C(=O)c3ccccc3Cl)CC2O)n[nH]1. The predicted molar refractivity (Wildman–Crippen MR) is 83.9 cm³/mol. The number of aromatic amines is 1. The van der Waals surface area contributed by atoms with Crippen molar-refractivity contribution in [1.82, 2.24) is 15.1 Å². The van der Waals surface area contributed by atoms with Crippen LogP contribution >= 0.6 is 11.6 Å². The Balaban J connectivity index is 1.70. The van der Waals surface area contributed by atoms with Crippen molar-refractivity contribution in [3.05, 3.63) is 52.3 Å². The summed E-state index contributed by atoms with van der Waals surface area (Å²) in [5, 5.41) is 17.8. The minimum Gasteiger partial charge on any atom is -0.391 e. The zero-order chi connectivity index (χ0) is 15.7. The van der Waals surface area contributed by atoms with Crippen molar-refractivity contribution in [2.24, 2.45) is 5.92 Å². The molecule has 6 heteroatoms. The number of rotatable bonds is 3. The van der Waals surface area contributed by atoms with Gasteiger partial charge in [-0.15, -0.1) is 0 Å². The Kier molecular flexibility index (Phi) is 4.18. The molecule has 1 aromatic carbocycles. The number of amides is 1. The summed E-state index contributed by atoms with van der Waals surface area (Å²) in [4.78, 5) is 14.2. The Hall–Kier alpha value is -1.85. The minimum atomic E-state index is -0.538. The normalized spacial score (nSPS) is 21.3. The van der Waals surface area contributed by atoms with E-state index in [0.717, 1.165) is 11.4 Å². The van der Waals surface area contributed by atoms with Gasteiger partial charge in [-0.3, -0.25) is 9.89 Å². The maximum absolute atomic E-state index is 12.5. The summed E-state index contributed by atoms with van der Waals surface area (Å²) in [6.45, 7) is 2.78. The number of carbonyl (C=O) groups is 1. The zero-order valence-corrected chi connectivity index (χ0v) is 13.0. The van der Waals surface area contributed by atoms with Crippen LogP contribution in [0.2, 0.25) is 5.02 Å². The molecule has 0 bridgehead atoms. The third-order valence-electron chi connectivity index (χ3n) is 4.03. The predicted octanol–water partition coefficient (Wildman–Crippen LogP) is 2.05. The quantitative estimate of drug-likeness (QED) is 0.909. The number of H-pyrrole nitrogens is 1. The first-order chi connectivity index (χ1) is 10.5. The fourth-order valence-corrected chi connectivity index (χ4v) is 3.09. The topological polar surface area (TPSA) is 69.2 Å². The molecule has 1 saturated heterocycles. The second-order valence-electron chi connectivity index (χ2n) is 5.76. The fraction of sp³-hybridized carbons (Fsp3) is 0.375. The van der Waals surface area contributed by atoms with Gasteiger partial charge in [0.2, 0.25) is 0 Å². The average molecular weight is 320 g/mol. The molecular weight excluding hydrogens is 302 g/mol. The third kappa shape index (κ3) is 3.00. The van der Waals surface area contributed by atoms with Gasteiger partial charge in [0.15, 0.2) is 0 Å². The van der Waals surface area contributed by atoms with Crippen LogP contribution in [0.5, 0.6) is 0 Å². The maximum Gasteiger partial charge on any atom is 0.255 e. The van der Waals surface area contributed by atoms with Crippen molar-refractivity contribution in [1.29, 1.82) is 0 Å². The molecule has 0 aliphatic carbocycles. The highest BCUT2D eigenvalue weighted by Gasteiger charge is 2.35. The summed E-state index contributed by atoms with van der Waals surface area (Å²) in [7, 11) is 0. The Bertz CT molecular complexity index is 686. The van der Waals surface area contributed by atoms with E-state index in [1.54, 1.807) is 29.2 Å². The summed E-state index contributed by atoms with van der Waals surface area (Å²) in [5.74, 6) is -0.139. The molecule has 0 saturated carbocycles. The van der Waals surface area contributed by atoms with Crippen molar-refractivity contribution in [3.63, 3.8) is 0 Å². The van der Waals surface area contributed by atoms with Crippen LogP contribution in [0.4, 0.5) is 0 Å². The highest BCUT2D eigenvalue weighted by molar-refractivity contribution is 6.33. The zero-order valence-electron chi connectivity index (χ0n) is 12.3. The van der Waals surface area contributed by atoms with Gasteiger partial charge >= 0.3 is 0 Å². The lowest BCUT2D eigenvalue weighted by molar-refractivity contribution is 0.0765. The lowest BCUT2D eigenvalue weighted by atomic mass is 10.0. The molecule has 0 spiro atoms. The third-order valence-corrected chi connectivity index (χ3v) is 4.36. The molecule has 2 N–H and O–H groups in total. The van der Waals surface area contributed by atoms with E-state index in [-0.39, 0.29) is 11.8 Å². The minimum absolute atomic E-state index is 0.00543. The molecule has 1 fully saturated rings. The second kappa shape index (κ2) is 6.10. The Labute approximate surface area is 133 Å². The number of nitrogens with one attached hydrogen (secondary N) is 1. The van der Waals surface area contributed by atoms with Gasteiger partial charge in [0.05, 0.1) is 22.4 Å². The first-order valence-electron chi connectivity index (χ1n) is 7.27. The standard InChI is InChI=1S/C16H18ClN3O2/c1-10-6-12(19-18-10)7-11-8-20(9-15(11)21)16(22)13-4-2-3-5-14(13)17/h2-6,11,15,21H,7-9H2,1H3,(H,18,19). The van der Waals surface area contributed by atoms with Crippen molar-refractivity contribution in [2.45, 2.75) is 19.4 Å². The largest absolute Gasteiger partial charge is 0.391 e. The lowest BCUT2D eigenvalue weighted by Crippen LogP contribution is -2.29. The molecular formula is C16H18ClN3O2. The van der Waals surface area contributed by atoms with E-state index in [0.29, 0.717) is 30.1 Å². The molecule has 3 rings (SSSR count). The molecule has 2 atom stereocenters. The highest BCUT2D eigenvalue weighted by Crippen LogP contribution is 2.25. The fourth-order valence-electron chi connectivity index (χ4n) is 2.87. The van der Waals surface area contributed by atoms with Gasteiger partial charge in [0.25, 0.3) is 5.91 Å². The van der Waals surface area contributed by atoms with Crippen LogP contribution in [-0.4, -0.2) is 45.3 Å². The molecule has 1 aliphatic rings. The van der Waals surface area contributed by atoms with Crippen molar-refractivity contribution in [3.8, 4) is 0 Å². The first-order valence-corrected chi connectivity index (χ1v) is 7.65. The monoisotopic (exact) mass is 319 g/mol. The molecule has 2 heterocycles. The van der Waals surface area contributed by atoms with Gasteiger partial charge in [-0.25, -0.2) is 0 Å². The van der Waals surface area contributed by atoms with Crippen LogP contribution in [0.25, 0.3) is 0 Å². The number of aliphatic hydroxyl groups excluding tert-OH is 1. The van der Waals surface area contributed by atoms with E-state index in [4.69, 9.17) is 11.6 Å². The Morgan fingerprint density at radius 3 is 2.91 bits per heavy atom. The summed E-state index contributed by atoms with van der Waals surface area (Å²) in [6.07, 6.45) is 0.112. The Morgan fingerprint density at radius 1 is 1.45 bits per heavy atom. The number of carbonyl (C=O) groups excluding carboxylic acids is 1. The van der Waals surface area contributed by atoms with Crippen molar-refractivity contribution < 1.29 is 9.90 Å². The van der Waals surface area contributed by atoms with Crippen molar-refractivity contribution in [2.75, 3.05) is 13.1 Å². The van der Waals surface area contributed by atoms with Gasteiger partial charge in [0, 0.05) is 24.7 Å². The van der Waals surface area contributed by atoms with Crippen LogP contribution in [0.15, 0.2) is 30.3 Å². The van der Waals surface area contributed by atoms with Gasteiger partial charge in [-0.1, -0.05) is 23.7 Å². The number of halogens is 1. The van der Waals surface area contributed by atoms with Gasteiger partial charge in [-0.2, -0.15) is 5.10 Å². The summed E-state index contributed by atoms with van der Waals surface area (Å²) in [5.41, 5.74) is 2.38. The second-order valence-corrected chi connectivity index (χ2v) is 6.17. The molecule has 5 nitrogen and oxygen atoms in total. The number of β-amino-alcohol motifs (C(OH)–C–C–N with tert-alkyl or cyclic N) is 1. The summed E-state index contributed by atoms with van der Waals surface area (Å²) >= 11 is 6.08. The molecule has 2 unspecified atom stereocenters. The van der Waals surface area contributed by atoms with E-state index < -0.39 is 6.10 Å². The molecule has 1 amide bonds. The van der Waals surface area contributed by atoms with Gasteiger partial charge in [0.1, 0.15) is 0 Å². The van der Waals surface area contributed by atoms with Crippen LogP contribution in [0.3, 0.4) is 0 Å². The van der Waals surface area contributed by atoms with E-state index in [1.807, 2.05) is 13.0 Å². The van der Waals surface area contributed by atoms with E-state index in [1.165, 1.54) is 0 Å². The first kappa shape index (κ1) is 15.1. The molecule has 0 radical (unpaired) electrons. The van der Waals surface area contributed by atoms with Crippen LogP contribution in [0, 0.1) is 12.8 Å². The van der Waals surface area contributed by atoms with Crippen molar-refractivity contribution >= 4 is 17.5 Å². The molecule has 2 aromatic rings. The van der Waals surface area contributed by atoms with Crippen LogP contribution < -0.4 is 0 Å². The van der Waals surface area contributed by atoms with E-state index >= 15 is 0 Å². The van der Waals surface area contributed by atoms with Crippen LogP contribution in [-0.2, 0) is 6.42 Å². The lowest BCUT2D eigenvalue weighted by Gasteiger charge is -2.16. The van der Waals surface area contributed by atoms with Gasteiger partial charge in [-0.05, 0) is 31.5 Å². The molecule has 1 aliphatic heterocycles. The number of aromatic nitrogens is 2. The van der Waals surface area contributed by atoms with E-state index in [2.05, 4.69) is 10.2 Å². The number of benzene rings is 1. The highest BCUT2D eigenvalue weighted by atomic mass is 35.5.